The van der Waals surface area contributed by atoms with Crippen LogP contribution in [-0.2, 0) is 9.59 Å². The van der Waals surface area contributed by atoms with E-state index < -0.39 is 28.9 Å². The number of ether oxygens (including phenoxy) is 1. The summed E-state index contributed by atoms with van der Waals surface area (Å²) in [7, 11) is 0. The molecule has 8 heteroatoms. The lowest BCUT2D eigenvalue weighted by molar-refractivity contribution is -0.384. The maximum atomic E-state index is 12.1. The number of nitro benzene ring substituents is 1. The number of amides is 1. The summed E-state index contributed by atoms with van der Waals surface area (Å²) in [5, 5.41) is 22.2. The average Bonchev–Trinajstić information content (AvgIpc) is 2.51. The van der Waals surface area contributed by atoms with Gasteiger partial charge in [0.1, 0.15) is 11.8 Å². The minimum absolute atomic E-state index is 0.0860. The van der Waals surface area contributed by atoms with Gasteiger partial charge in [-0.2, -0.15) is 0 Å². The molecule has 0 aromatic heterocycles. The van der Waals surface area contributed by atoms with Gasteiger partial charge in [-0.15, -0.1) is 0 Å². The number of aliphatic carboxylic acids is 1. The minimum Gasteiger partial charge on any atom is -0.481 e. The third-order valence-electron chi connectivity index (χ3n) is 3.51. The number of carboxylic acids is 1. The number of carboxylic acid groups (broad SMARTS) is 1. The summed E-state index contributed by atoms with van der Waals surface area (Å²) in [6.45, 7) is 5.05. The number of benzene rings is 1. The Morgan fingerprint density at radius 2 is 1.87 bits per heavy atom. The molecule has 0 aliphatic rings. The van der Waals surface area contributed by atoms with Crippen molar-refractivity contribution in [2.45, 2.75) is 39.3 Å². The van der Waals surface area contributed by atoms with E-state index in [1.54, 1.807) is 6.92 Å². The van der Waals surface area contributed by atoms with Gasteiger partial charge in [-0.25, -0.2) is 4.79 Å². The van der Waals surface area contributed by atoms with Crippen molar-refractivity contribution >= 4 is 17.6 Å². The summed E-state index contributed by atoms with van der Waals surface area (Å²) in [4.78, 5) is 33.3. The molecule has 0 fully saturated rings. The lowest BCUT2D eigenvalue weighted by atomic mass is 9.99. The number of carbonyl (C=O) groups is 2. The first-order valence-corrected chi connectivity index (χ1v) is 7.20. The number of nitro groups is 1. The van der Waals surface area contributed by atoms with Gasteiger partial charge >= 0.3 is 5.97 Å². The molecule has 0 radical (unpaired) electrons. The first-order valence-electron chi connectivity index (χ1n) is 7.20. The maximum absolute atomic E-state index is 12.1. The molecule has 0 aliphatic carbocycles. The van der Waals surface area contributed by atoms with E-state index in [2.05, 4.69) is 5.32 Å². The van der Waals surface area contributed by atoms with Crippen LogP contribution in [-0.4, -0.2) is 34.1 Å². The molecule has 0 heterocycles. The van der Waals surface area contributed by atoms with Crippen LogP contribution >= 0.6 is 0 Å². The third-order valence-corrected chi connectivity index (χ3v) is 3.51. The Morgan fingerprint density at radius 3 is 2.30 bits per heavy atom. The van der Waals surface area contributed by atoms with Gasteiger partial charge in [0.05, 0.1) is 4.92 Å². The van der Waals surface area contributed by atoms with E-state index in [0.717, 1.165) is 0 Å². The van der Waals surface area contributed by atoms with Crippen LogP contribution in [0.25, 0.3) is 0 Å². The van der Waals surface area contributed by atoms with Crippen LogP contribution in [0.4, 0.5) is 5.69 Å². The van der Waals surface area contributed by atoms with Crippen molar-refractivity contribution in [2.24, 2.45) is 5.92 Å². The summed E-state index contributed by atoms with van der Waals surface area (Å²) >= 11 is 0. The van der Waals surface area contributed by atoms with Crippen LogP contribution in [0.5, 0.6) is 5.75 Å². The molecule has 23 heavy (non-hydrogen) atoms. The van der Waals surface area contributed by atoms with Crippen molar-refractivity contribution in [3.05, 3.63) is 34.4 Å². The topological polar surface area (TPSA) is 119 Å². The van der Waals surface area contributed by atoms with Gasteiger partial charge in [0.2, 0.25) is 0 Å². The molecule has 1 aromatic carbocycles. The van der Waals surface area contributed by atoms with Gasteiger partial charge in [0.15, 0.2) is 6.10 Å². The molecule has 1 rings (SSSR count). The van der Waals surface area contributed by atoms with Crippen LogP contribution in [0.2, 0.25) is 0 Å². The van der Waals surface area contributed by atoms with Crippen molar-refractivity contribution < 1.29 is 24.4 Å². The van der Waals surface area contributed by atoms with E-state index in [1.807, 2.05) is 6.92 Å². The molecule has 0 spiro atoms. The zero-order chi connectivity index (χ0) is 17.6. The van der Waals surface area contributed by atoms with E-state index in [-0.39, 0.29) is 17.4 Å². The molecule has 8 nitrogen and oxygen atoms in total. The van der Waals surface area contributed by atoms with E-state index in [4.69, 9.17) is 9.84 Å². The number of hydrogen-bond donors (Lipinski definition) is 2. The maximum Gasteiger partial charge on any atom is 0.326 e. The summed E-state index contributed by atoms with van der Waals surface area (Å²) in [5.74, 6) is -1.59. The van der Waals surface area contributed by atoms with E-state index in [9.17, 15) is 19.7 Å². The zero-order valence-electron chi connectivity index (χ0n) is 13.2. The van der Waals surface area contributed by atoms with Crippen LogP contribution in [0.15, 0.2) is 24.3 Å². The molecular weight excluding hydrogens is 304 g/mol. The highest BCUT2D eigenvalue weighted by molar-refractivity contribution is 5.86. The van der Waals surface area contributed by atoms with Crippen molar-refractivity contribution in [1.82, 2.24) is 5.32 Å². The highest BCUT2D eigenvalue weighted by Crippen LogP contribution is 2.18. The second-order valence-corrected chi connectivity index (χ2v) is 5.22. The molecule has 126 valence electrons. The first-order chi connectivity index (χ1) is 10.8. The lowest BCUT2D eigenvalue weighted by Gasteiger charge is -2.22. The van der Waals surface area contributed by atoms with Crippen LogP contribution < -0.4 is 10.1 Å². The number of nitrogens with zero attached hydrogens (tertiary/aromatic N) is 1. The van der Waals surface area contributed by atoms with Gasteiger partial charge in [-0.05, 0) is 25.0 Å². The largest absolute Gasteiger partial charge is 0.481 e. The fourth-order valence-electron chi connectivity index (χ4n) is 1.86. The molecule has 0 bridgehead atoms. The van der Waals surface area contributed by atoms with Crippen LogP contribution in [0, 0.1) is 16.0 Å². The van der Waals surface area contributed by atoms with Gasteiger partial charge < -0.3 is 15.2 Å². The van der Waals surface area contributed by atoms with E-state index in [1.165, 1.54) is 31.2 Å². The zero-order valence-corrected chi connectivity index (χ0v) is 13.2. The molecule has 2 N–H and O–H groups in total. The summed E-state index contributed by atoms with van der Waals surface area (Å²) in [6.07, 6.45) is -0.322. The SMILES string of the molecule is CCC(C)C(NC(=O)C(C)Oc1ccc([N+](=O)[O-])cc1)C(=O)O. The quantitative estimate of drug-likeness (QED) is 0.557. The predicted octanol–water partition coefficient (Wildman–Crippen LogP) is 1.98. The summed E-state index contributed by atoms with van der Waals surface area (Å²) in [5.41, 5.74) is -0.0860. The third kappa shape index (κ3) is 5.24. The van der Waals surface area contributed by atoms with E-state index in [0.29, 0.717) is 6.42 Å². The van der Waals surface area contributed by atoms with Crippen molar-refractivity contribution in [1.29, 1.82) is 0 Å². The second kappa shape index (κ2) is 8.11. The average molecular weight is 324 g/mol. The smallest absolute Gasteiger partial charge is 0.326 e. The highest BCUT2D eigenvalue weighted by atomic mass is 16.6. The Hall–Kier alpha value is -2.64. The normalized spacial score (nSPS) is 14.4. The fraction of sp³-hybridized carbons (Fsp3) is 0.467. The Balaban J connectivity index is 2.69. The molecule has 0 saturated heterocycles. The highest BCUT2D eigenvalue weighted by Gasteiger charge is 2.27. The predicted molar refractivity (Wildman–Crippen MR) is 82.2 cm³/mol. The molecule has 1 aromatic rings. The van der Waals surface area contributed by atoms with Gasteiger partial charge in [0.25, 0.3) is 11.6 Å². The minimum atomic E-state index is -1.10. The molecule has 3 unspecified atom stereocenters. The molecule has 0 saturated carbocycles. The fourth-order valence-corrected chi connectivity index (χ4v) is 1.86. The molecule has 0 aliphatic heterocycles. The molecule has 3 atom stereocenters. The van der Waals surface area contributed by atoms with Crippen LogP contribution in [0.1, 0.15) is 27.2 Å². The standard InChI is InChI=1S/C15H20N2O6/c1-4-9(2)13(15(19)20)16-14(18)10(3)23-12-7-5-11(6-8-12)17(21)22/h5-10,13H,4H2,1-3H3,(H,16,18)(H,19,20). The Kier molecular flexibility index (Phi) is 6.49. The van der Waals surface area contributed by atoms with Crippen molar-refractivity contribution in [3.8, 4) is 5.75 Å². The first kappa shape index (κ1) is 18.4. The van der Waals surface area contributed by atoms with Gasteiger partial charge in [-0.1, -0.05) is 20.3 Å². The number of rotatable bonds is 8. The Labute approximate surface area is 133 Å². The van der Waals surface area contributed by atoms with Crippen molar-refractivity contribution in [3.63, 3.8) is 0 Å². The Bertz CT molecular complexity index is 572. The summed E-state index contributed by atoms with van der Waals surface area (Å²) < 4.78 is 5.38. The number of carbonyl (C=O) groups excluding carboxylic acids is 1. The Morgan fingerprint density at radius 1 is 1.30 bits per heavy atom. The van der Waals surface area contributed by atoms with Crippen molar-refractivity contribution in [2.75, 3.05) is 0 Å². The summed E-state index contributed by atoms with van der Waals surface area (Å²) in [6, 6.07) is 4.30. The van der Waals surface area contributed by atoms with Gasteiger partial charge in [-0.3, -0.25) is 14.9 Å². The second-order valence-electron chi connectivity index (χ2n) is 5.22. The lowest BCUT2D eigenvalue weighted by Crippen LogP contribution is -2.49. The number of hydrogen-bond acceptors (Lipinski definition) is 5. The van der Waals surface area contributed by atoms with Gasteiger partial charge in [0, 0.05) is 12.1 Å². The molecule has 1 amide bonds. The number of non-ortho nitro benzene ring substituents is 1. The van der Waals surface area contributed by atoms with E-state index >= 15 is 0 Å². The monoisotopic (exact) mass is 324 g/mol. The molecular formula is C15H20N2O6. The number of nitrogens with one attached hydrogen (secondary N) is 1. The van der Waals surface area contributed by atoms with Crippen LogP contribution in [0.3, 0.4) is 0 Å².